The van der Waals surface area contributed by atoms with Gasteiger partial charge >= 0.3 is 0 Å². The van der Waals surface area contributed by atoms with Crippen molar-refractivity contribution in [2.24, 2.45) is 0 Å². The largest absolute Gasteiger partial charge is 0.394 e. The quantitative estimate of drug-likeness (QED) is 0.321. The maximum atomic E-state index is 10.3. The summed E-state index contributed by atoms with van der Waals surface area (Å²) in [5.41, 5.74) is 4.54. The Kier molecular flexibility index (Phi) is 1.000. The van der Waals surface area contributed by atoms with Crippen molar-refractivity contribution >= 4 is 11.4 Å². The average Bonchev–Trinajstić information content (AvgIpc) is 1.89. The van der Waals surface area contributed by atoms with Crippen LogP contribution in [0.25, 0.3) is 0 Å². The van der Waals surface area contributed by atoms with Gasteiger partial charge in [-0.15, -0.1) is 0 Å². The molecule has 5 heteroatoms. The molecule has 0 aliphatic carbocycles. The minimum absolute atomic E-state index is 0.206. The van der Waals surface area contributed by atoms with Crippen molar-refractivity contribution in [3.63, 3.8) is 0 Å². The molecule has 0 fully saturated rings. The Bertz CT molecular complexity index is 296. The molecular formula is C4H4N2O3. The second kappa shape index (κ2) is 1.56. The third-order valence-corrected chi connectivity index (χ3v) is 1.06. The molecule has 0 amide bonds. The van der Waals surface area contributed by atoms with Crippen LogP contribution in [-0.4, -0.2) is 5.21 Å². The molecule has 0 aliphatic heterocycles. The Morgan fingerprint density at radius 2 is 1.89 bits per heavy atom. The van der Waals surface area contributed by atoms with Crippen molar-refractivity contribution in [1.82, 2.24) is 0 Å². The van der Waals surface area contributed by atoms with Gasteiger partial charge < -0.3 is 5.73 Å². The molecular weight excluding hydrogens is 124 g/mol. The molecule has 0 spiro atoms. The van der Waals surface area contributed by atoms with Crippen LogP contribution in [0.2, 0.25) is 0 Å². The molecule has 9 heavy (non-hydrogen) atoms. The van der Waals surface area contributed by atoms with Gasteiger partial charge in [-0.25, -0.2) is 0 Å². The predicted octanol–water partition coefficient (Wildman–Crippen LogP) is -1.33. The zero-order valence-corrected chi connectivity index (χ0v) is 4.34. The van der Waals surface area contributed by atoms with Crippen LogP contribution in [-0.2, 0) is 0 Å². The Balaban J connectivity index is 3.25. The van der Waals surface area contributed by atoms with Crippen molar-refractivity contribution in [3.8, 4) is 0 Å². The van der Waals surface area contributed by atoms with Crippen LogP contribution in [0, 0.1) is 0 Å². The first-order valence-corrected chi connectivity index (χ1v) is 2.17. The molecule has 48 valence electrons. The van der Waals surface area contributed by atoms with E-state index in [0.29, 0.717) is 0 Å². The lowest BCUT2D eigenvalue weighted by Crippen LogP contribution is -2.36. The third kappa shape index (κ3) is 0.516. The van der Waals surface area contributed by atoms with E-state index in [9.17, 15) is 9.59 Å². The molecule has 0 atom stereocenters. The second-order valence-corrected chi connectivity index (χ2v) is 1.56. The molecule has 1 aromatic rings. The van der Waals surface area contributed by atoms with Crippen molar-refractivity contribution in [1.29, 1.82) is 0 Å². The van der Waals surface area contributed by atoms with Gasteiger partial charge in [0.15, 0.2) is 0 Å². The minimum atomic E-state index is -0.769. The first-order valence-electron chi connectivity index (χ1n) is 2.17. The van der Waals surface area contributed by atoms with Crippen molar-refractivity contribution in [2.75, 3.05) is 11.2 Å². The number of rotatable bonds is 1. The summed E-state index contributed by atoms with van der Waals surface area (Å²) in [6.07, 6.45) is 0. The molecule has 0 saturated carbocycles. The fourth-order valence-corrected chi connectivity index (χ4v) is 0.520. The third-order valence-electron chi connectivity index (χ3n) is 1.06. The molecule has 0 saturated heterocycles. The highest BCUT2D eigenvalue weighted by atomic mass is 16.5. The van der Waals surface area contributed by atoms with Gasteiger partial charge in [-0.1, -0.05) is 0 Å². The molecule has 1 aromatic carbocycles. The zero-order valence-electron chi connectivity index (χ0n) is 4.34. The summed E-state index contributed by atoms with van der Waals surface area (Å²) in [6.45, 7) is 0. The van der Waals surface area contributed by atoms with E-state index in [1.807, 2.05) is 0 Å². The number of anilines is 2. The van der Waals surface area contributed by atoms with Gasteiger partial charge in [0, 0.05) is 0 Å². The summed E-state index contributed by atoms with van der Waals surface area (Å²) in [5, 5.41) is 8.08. The van der Waals surface area contributed by atoms with E-state index in [1.54, 1.807) is 0 Å². The van der Waals surface area contributed by atoms with Gasteiger partial charge in [0.2, 0.25) is 0 Å². The maximum Gasteiger partial charge on any atom is 0.255 e. The van der Waals surface area contributed by atoms with E-state index >= 15 is 0 Å². The van der Waals surface area contributed by atoms with E-state index in [0.717, 1.165) is 0 Å². The molecule has 4 N–H and O–H groups in total. The number of nitrogen functional groups attached to an aromatic ring is 1. The van der Waals surface area contributed by atoms with Gasteiger partial charge in [-0.05, 0) is 0 Å². The standard InChI is InChI=1S/C4H4N2O3/c5-1-2(6-9)4(8)3(1)7/h6,9H,5H2. The Morgan fingerprint density at radius 3 is 2.11 bits per heavy atom. The lowest BCUT2D eigenvalue weighted by atomic mass is 10.2. The molecule has 0 radical (unpaired) electrons. The van der Waals surface area contributed by atoms with Gasteiger partial charge in [0.05, 0.1) is 0 Å². The monoisotopic (exact) mass is 128 g/mol. The van der Waals surface area contributed by atoms with Crippen LogP contribution in [0.1, 0.15) is 0 Å². The van der Waals surface area contributed by atoms with Crippen molar-refractivity contribution in [3.05, 3.63) is 20.4 Å². The van der Waals surface area contributed by atoms with E-state index in [4.69, 9.17) is 10.9 Å². The highest BCUT2D eigenvalue weighted by Gasteiger charge is 2.16. The summed E-state index contributed by atoms with van der Waals surface area (Å²) < 4.78 is 0. The highest BCUT2D eigenvalue weighted by molar-refractivity contribution is 5.69. The Morgan fingerprint density at radius 1 is 1.33 bits per heavy atom. The minimum Gasteiger partial charge on any atom is -0.394 e. The van der Waals surface area contributed by atoms with Crippen molar-refractivity contribution in [2.45, 2.75) is 0 Å². The van der Waals surface area contributed by atoms with Gasteiger partial charge in [0.25, 0.3) is 10.9 Å². The number of nitrogens with one attached hydrogen (secondary N) is 1. The highest BCUT2D eigenvalue weighted by Crippen LogP contribution is 2.05. The molecule has 0 bridgehead atoms. The molecule has 1 rings (SSSR count). The number of nitrogens with two attached hydrogens (primary N) is 1. The fraction of sp³-hybridized carbons (Fsp3) is 0. The maximum absolute atomic E-state index is 10.3. The summed E-state index contributed by atoms with van der Waals surface area (Å²) in [4.78, 5) is 20.5. The van der Waals surface area contributed by atoms with Crippen LogP contribution in [0.5, 0.6) is 0 Å². The van der Waals surface area contributed by atoms with Crippen molar-refractivity contribution < 1.29 is 5.21 Å². The Labute approximate surface area is 49.4 Å². The van der Waals surface area contributed by atoms with E-state index in [1.165, 1.54) is 5.48 Å². The normalized spacial score (nSPS) is 9.89. The predicted molar refractivity (Wildman–Crippen MR) is 31.2 cm³/mol. The molecule has 5 nitrogen and oxygen atoms in total. The Hall–Kier alpha value is -1.36. The zero-order chi connectivity index (χ0) is 7.02. The summed E-state index contributed by atoms with van der Waals surface area (Å²) >= 11 is 0. The van der Waals surface area contributed by atoms with E-state index in [2.05, 4.69) is 0 Å². The number of hydrogen-bond acceptors (Lipinski definition) is 5. The topological polar surface area (TPSA) is 92.4 Å². The lowest BCUT2D eigenvalue weighted by Gasteiger charge is -2.01. The summed E-state index contributed by atoms with van der Waals surface area (Å²) in [7, 11) is 0. The first-order chi connectivity index (χ1) is 4.18. The second-order valence-electron chi connectivity index (χ2n) is 1.56. The van der Waals surface area contributed by atoms with Crippen LogP contribution in [0.15, 0.2) is 9.59 Å². The summed E-state index contributed by atoms with van der Waals surface area (Å²) in [5.74, 6) is 0. The summed E-state index contributed by atoms with van der Waals surface area (Å²) in [6, 6.07) is 0. The molecule has 0 unspecified atom stereocenters. The average molecular weight is 128 g/mol. The van der Waals surface area contributed by atoms with Crippen LogP contribution < -0.4 is 22.1 Å². The van der Waals surface area contributed by atoms with E-state index in [-0.39, 0.29) is 11.4 Å². The SMILES string of the molecule is Nc1c(NO)c(=O)c1=O. The van der Waals surface area contributed by atoms with E-state index < -0.39 is 10.9 Å². The van der Waals surface area contributed by atoms with Crippen LogP contribution in [0.4, 0.5) is 11.4 Å². The lowest BCUT2D eigenvalue weighted by molar-refractivity contribution is 0.388. The van der Waals surface area contributed by atoms with Crippen LogP contribution >= 0.6 is 0 Å². The molecule has 0 aromatic heterocycles. The van der Waals surface area contributed by atoms with Crippen LogP contribution in [0.3, 0.4) is 0 Å². The molecule has 0 aliphatic rings. The van der Waals surface area contributed by atoms with Gasteiger partial charge in [-0.2, -0.15) is 0 Å². The fourth-order valence-electron chi connectivity index (χ4n) is 0.520. The number of hydrogen-bond donors (Lipinski definition) is 3. The van der Waals surface area contributed by atoms with Gasteiger partial charge in [-0.3, -0.25) is 20.3 Å². The molecule has 0 heterocycles. The first kappa shape index (κ1) is 5.77. The smallest absolute Gasteiger partial charge is 0.255 e. The van der Waals surface area contributed by atoms with Gasteiger partial charge in [0.1, 0.15) is 11.4 Å².